The molecule has 0 saturated carbocycles. The Morgan fingerprint density at radius 1 is 1.19 bits per heavy atom. The molecule has 0 fully saturated rings. The molecule has 0 atom stereocenters. The molecule has 0 aliphatic heterocycles. The molecule has 3 nitrogen and oxygen atoms in total. The fourth-order valence-electron chi connectivity index (χ4n) is 1.50. The number of aryl methyl sites for hydroxylation is 1. The predicted molar refractivity (Wildman–Crippen MR) is 52.9 cm³/mol. The molecule has 0 unspecified atom stereocenters. The van der Waals surface area contributed by atoms with Gasteiger partial charge >= 0.3 is 0 Å². The average molecular weight is 227 g/mol. The van der Waals surface area contributed by atoms with Crippen molar-refractivity contribution in [3.05, 3.63) is 35.8 Å². The lowest BCUT2D eigenvalue weighted by atomic mass is 10.1. The number of anilines is 1. The molecule has 84 valence electrons. The first-order valence-corrected chi connectivity index (χ1v) is 4.43. The van der Waals surface area contributed by atoms with Crippen LogP contribution in [0.15, 0.2) is 18.3 Å². The van der Waals surface area contributed by atoms with Crippen molar-refractivity contribution in [3.8, 4) is 11.3 Å². The Bertz CT molecular complexity index is 529. The molecule has 0 aliphatic carbocycles. The normalized spacial score (nSPS) is 10.8. The van der Waals surface area contributed by atoms with Crippen LogP contribution in [0.2, 0.25) is 0 Å². The molecule has 1 heterocycles. The number of aromatic nitrogens is 2. The number of nitrogens with two attached hydrogens (primary N) is 1. The lowest BCUT2D eigenvalue weighted by Gasteiger charge is -2.07. The Balaban J connectivity index is 2.78. The van der Waals surface area contributed by atoms with Crippen LogP contribution in [0.25, 0.3) is 11.3 Å². The maximum atomic E-state index is 13.5. The van der Waals surface area contributed by atoms with Crippen molar-refractivity contribution in [2.45, 2.75) is 0 Å². The SMILES string of the molecule is Cn1ncc(N)c1-c1c(F)ccc(F)c1F. The monoisotopic (exact) mass is 227 g/mol. The average Bonchev–Trinajstić information content (AvgIpc) is 2.56. The van der Waals surface area contributed by atoms with Crippen LogP contribution < -0.4 is 5.73 Å². The molecule has 2 aromatic rings. The second kappa shape index (κ2) is 3.55. The van der Waals surface area contributed by atoms with Crippen LogP contribution in [0, 0.1) is 17.5 Å². The van der Waals surface area contributed by atoms with Crippen molar-refractivity contribution >= 4 is 5.69 Å². The minimum atomic E-state index is -1.27. The minimum absolute atomic E-state index is 0.0227. The van der Waals surface area contributed by atoms with Gasteiger partial charge in [-0.05, 0) is 12.1 Å². The fraction of sp³-hybridized carbons (Fsp3) is 0.100. The van der Waals surface area contributed by atoms with Crippen molar-refractivity contribution in [2.75, 3.05) is 5.73 Å². The van der Waals surface area contributed by atoms with E-state index < -0.39 is 23.0 Å². The highest BCUT2D eigenvalue weighted by Crippen LogP contribution is 2.31. The summed E-state index contributed by atoms with van der Waals surface area (Å²) in [5, 5.41) is 3.74. The summed E-state index contributed by atoms with van der Waals surface area (Å²) in [6.45, 7) is 0. The Kier molecular flexibility index (Phi) is 2.34. The van der Waals surface area contributed by atoms with Gasteiger partial charge in [0.25, 0.3) is 0 Å². The highest BCUT2D eigenvalue weighted by Gasteiger charge is 2.20. The Morgan fingerprint density at radius 2 is 1.81 bits per heavy atom. The van der Waals surface area contributed by atoms with Crippen LogP contribution >= 0.6 is 0 Å². The summed E-state index contributed by atoms with van der Waals surface area (Å²) in [6, 6.07) is 1.57. The van der Waals surface area contributed by atoms with E-state index in [1.165, 1.54) is 17.9 Å². The fourth-order valence-corrected chi connectivity index (χ4v) is 1.50. The summed E-state index contributed by atoms with van der Waals surface area (Å²) in [6.07, 6.45) is 1.25. The molecule has 2 N–H and O–H groups in total. The first-order chi connectivity index (χ1) is 7.52. The van der Waals surface area contributed by atoms with Gasteiger partial charge in [0.2, 0.25) is 0 Å². The van der Waals surface area contributed by atoms with E-state index in [2.05, 4.69) is 5.10 Å². The predicted octanol–water partition coefficient (Wildman–Crippen LogP) is 2.09. The van der Waals surface area contributed by atoms with Crippen molar-refractivity contribution in [1.82, 2.24) is 9.78 Å². The van der Waals surface area contributed by atoms with Crippen molar-refractivity contribution < 1.29 is 13.2 Å². The van der Waals surface area contributed by atoms with E-state index in [1.807, 2.05) is 0 Å². The van der Waals surface area contributed by atoms with E-state index >= 15 is 0 Å². The van der Waals surface area contributed by atoms with Gasteiger partial charge in [0.05, 0.1) is 23.1 Å². The van der Waals surface area contributed by atoms with Gasteiger partial charge in [-0.25, -0.2) is 13.2 Å². The van der Waals surface area contributed by atoms with Crippen LogP contribution in [0.5, 0.6) is 0 Å². The Labute approximate surface area is 89.3 Å². The minimum Gasteiger partial charge on any atom is -0.396 e. The zero-order valence-corrected chi connectivity index (χ0v) is 8.34. The quantitative estimate of drug-likeness (QED) is 0.758. The first-order valence-electron chi connectivity index (χ1n) is 4.43. The van der Waals surface area contributed by atoms with Crippen molar-refractivity contribution in [2.24, 2.45) is 7.05 Å². The third-order valence-corrected chi connectivity index (χ3v) is 2.25. The summed E-state index contributed by atoms with van der Waals surface area (Å²) in [5.41, 5.74) is 5.13. The second-order valence-corrected chi connectivity index (χ2v) is 3.29. The largest absolute Gasteiger partial charge is 0.396 e. The van der Waals surface area contributed by atoms with E-state index in [9.17, 15) is 13.2 Å². The van der Waals surface area contributed by atoms with Crippen molar-refractivity contribution in [1.29, 1.82) is 0 Å². The molecule has 0 amide bonds. The molecule has 0 spiro atoms. The summed E-state index contributed by atoms with van der Waals surface area (Å²) in [5.74, 6) is -3.28. The number of halogens is 3. The zero-order valence-electron chi connectivity index (χ0n) is 8.34. The van der Waals surface area contributed by atoms with Gasteiger partial charge in [-0.15, -0.1) is 0 Å². The number of nitrogens with zero attached hydrogens (tertiary/aromatic N) is 2. The summed E-state index contributed by atoms with van der Waals surface area (Å²) in [4.78, 5) is 0. The van der Waals surface area contributed by atoms with Gasteiger partial charge in [0.15, 0.2) is 11.6 Å². The first kappa shape index (κ1) is 10.5. The van der Waals surface area contributed by atoms with E-state index in [0.29, 0.717) is 0 Å². The van der Waals surface area contributed by atoms with Crippen LogP contribution in [-0.4, -0.2) is 9.78 Å². The highest BCUT2D eigenvalue weighted by atomic mass is 19.2. The lowest BCUT2D eigenvalue weighted by molar-refractivity contribution is 0.497. The smallest absolute Gasteiger partial charge is 0.171 e. The molecule has 16 heavy (non-hydrogen) atoms. The summed E-state index contributed by atoms with van der Waals surface area (Å²) >= 11 is 0. The Hall–Kier alpha value is -1.98. The van der Waals surface area contributed by atoms with Gasteiger partial charge in [-0.1, -0.05) is 0 Å². The molecule has 0 radical (unpaired) electrons. The number of rotatable bonds is 1. The van der Waals surface area contributed by atoms with Gasteiger partial charge in [-0.3, -0.25) is 4.68 Å². The van der Waals surface area contributed by atoms with Gasteiger partial charge < -0.3 is 5.73 Å². The van der Waals surface area contributed by atoms with Gasteiger partial charge in [0.1, 0.15) is 5.82 Å². The third kappa shape index (κ3) is 1.42. The second-order valence-electron chi connectivity index (χ2n) is 3.29. The van der Waals surface area contributed by atoms with Crippen molar-refractivity contribution in [3.63, 3.8) is 0 Å². The third-order valence-electron chi connectivity index (χ3n) is 2.25. The molecular formula is C10H8F3N3. The van der Waals surface area contributed by atoms with Crippen LogP contribution in [0.4, 0.5) is 18.9 Å². The zero-order chi connectivity index (χ0) is 11.9. The van der Waals surface area contributed by atoms with Crippen LogP contribution in [0.1, 0.15) is 0 Å². The molecular weight excluding hydrogens is 219 g/mol. The molecule has 1 aromatic heterocycles. The molecule has 2 rings (SSSR count). The van der Waals surface area contributed by atoms with E-state index in [0.717, 1.165) is 12.1 Å². The number of hydrogen-bond donors (Lipinski definition) is 1. The number of benzene rings is 1. The lowest BCUT2D eigenvalue weighted by Crippen LogP contribution is -2.02. The van der Waals surface area contributed by atoms with Crippen LogP contribution in [-0.2, 0) is 7.05 Å². The van der Waals surface area contributed by atoms with E-state index in [1.54, 1.807) is 0 Å². The molecule has 6 heteroatoms. The highest BCUT2D eigenvalue weighted by molar-refractivity contribution is 5.73. The van der Waals surface area contributed by atoms with E-state index in [-0.39, 0.29) is 11.4 Å². The molecule has 1 aromatic carbocycles. The van der Waals surface area contributed by atoms with Crippen LogP contribution in [0.3, 0.4) is 0 Å². The van der Waals surface area contributed by atoms with Gasteiger partial charge in [-0.2, -0.15) is 5.10 Å². The summed E-state index contributed by atoms with van der Waals surface area (Å²) in [7, 11) is 1.47. The van der Waals surface area contributed by atoms with E-state index in [4.69, 9.17) is 5.73 Å². The molecule has 0 saturated heterocycles. The number of hydrogen-bond acceptors (Lipinski definition) is 2. The molecule has 0 bridgehead atoms. The standard InChI is InChI=1S/C10H8F3N3/c1-16-10(7(14)4-15-16)8-5(11)2-3-6(12)9(8)13/h2-4H,14H2,1H3. The Morgan fingerprint density at radius 3 is 2.38 bits per heavy atom. The van der Waals surface area contributed by atoms with Gasteiger partial charge in [0, 0.05) is 7.05 Å². The topological polar surface area (TPSA) is 43.8 Å². The maximum Gasteiger partial charge on any atom is 0.171 e. The maximum absolute atomic E-state index is 13.5. The number of nitrogen functional groups attached to an aromatic ring is 1. The summed E-state index contributed by atoms with van der Waals surface area (Å²) < 4.78 is 41.1. The molecule has 0 aliphatic rings.